The van der Waals surface area contributed by atoms with Crippen molar-refractivity contribution in [2.75, 3.05) is 6.54 Å². The Morgan fingerprint density at radius 3 is 2.83 bits per heavy atom. The zero-order valence-corrected chi connectivity index (χ0v) is 20.5. The molecule has 3 atom stereocenters. The van der Waals surface area contributed by atoms with E-state index in [4.69, 9.17) is 4.84 Å². The molecule has 5 rings (SSSR count). The third-order valence-corrected chi connectivity index (χ3v) is 7.66. The lowest BCUT2D eigenvalue weighted by Gasteiger charge is -2.41. The summed E-state index contributed by atoms with van der Waals surface area (Å²) in [7, 11) is 0. The SMILES string of the molecule is CCC1=NO[C@@]2(CC[C@H](C)N3C[C@H]2n2cc(C(=O)NCc4ccc(C)cc4F)c(=O)c(O)c2C3=O)C1. The number of fused-ring (bicyclic) bond motifs is 5. The van der Waals surface area contributed by atoms with Crippen LogP contribution < -0.4 is 10.7 Å². The van der Waals surface area contributed by atoms with E-state index in [1.54, 1.807) is 24.0 Å². The number of benzene rings is 1. The van der Waals surface area contributed by atoms with E-state index in [1.165, 1.54) is 16.8 Å². The minimum absolute atomic E-state index is 0.121. The van der Waals surface area contributed by atoms with E-state index in [9.17, 15) is 23.9 Å². The predicted molar refractivity (Wildman–Crippen MR) is 130 cm³/mol. The standard InChI is InChI=1S/C26H29FN4O5/c1-4-17-10-26(36-29-17)8-7-15(3)30-13-20(26)31-12-18(22(32)23(33)21(31)25(30)35)24(34)28-11-16-6-5-14(2)9-19(16)27/h5-6,9,12,15,20,33H,4,7-8,10-11,13H2,1-3H3,(H,28,34)/t15-,20+,26-/m0/s1. The van der Waals surface area contributed by atoms with Crippen molar-refractivity contribution in [2.45, 2.75) is 70.7 Å². The van der Waals surface area contributed by atoms with Crippen molar-refractivity contribution in [3.05, 3.63) is 62.8 Å². The van der Waals surface area contributed by atoms with Crippen LogP contribution in [-0.2, 0) is 11.4 Å². The number of nitrogens with zero attached hydrogens (tertiary/aromatic N) is 3. The Bertz CT molecular complexity index is 1350. The fourth-order valence-corrected chi connectivity index (χ4v) is 5.44. The second kappa shape index (κ2) is 8.76. The van der Waals surface area contributed by atoms with Crippen LogP contribution in [0.1, 0.15) is 77.5 Å². The third-order valence-electron chi connectivity index (χ3n) is 7.66. The van der Waals surface area contributed by atoms with Gasteiger partial charge in [-0.05, 0) is 44.7 Å². The summed E-state index contributed by atoms with van der Waals surface area (Å²) in [6.07, 6.45) is 3.89. The molecule has 0 unspecified atom stereocenters. The highest BCUT2D eigenvalue weighted by molar-refractivity contribution is 5.99. The third kappa shape index (κ3) is 3.75. The van der Waals surface area contributed by atoms with Crippen LogP contribution in [0.2, 0.25) is 0 Å². The molecule has 10 heteroatoms. The number of hydrogen-bond acceptors (Lipinski definition) is 6. The van der Waals surface area contributed by atoms with Gasteiger partial charge in [-0.15, -0.1) is 0 Å². The van der Waals surface area contributed by atoms with E-state index in [2.05, 4.69) is 10.5 Å². The van der Waals surface area contributed by atoms with Gasteiger partial charge in [0.1, 0.15) is 11.4 Å². The summed E-state index contributed by atoms with van der Waals surface area (Å²) in [6, 6.07) is 4.07. The highest BCUT2D eigenvalue weighted by Gasteiger charge is 2.54. The first-order chi connectivity index (χ1) is 17.1. The molecule has 9 nitrogen and oxygen atoms in total. The summed E-state index contributed by atoms with van der Waals surface area (Å²) in [5.74, 6) is -2.48. The Hall–Kier alpha value is -3.69. The van der Waals surface area contributed by atoms with Crippen molar-refractivity contribution in [2.24, 2.45) is 5.16 Å². The van der Waals surface area contributed by atoms with Crippen molar-refractivity contribution in [1.82, 2.24) is 14.8 Å². The van der Waals surface area contributed by atoms with Gasteiger partial charge in [0, 0.05) is 37.3 Å². The monoisotopic (exact) mass is 496 g/mol. The smallest absolute Gasteiger partial charge is 0.274 e. The van der Waals surface area contributed by atoms with Gasteiger partial charge in [-0.2, -0.15) is 0 Å². The number of amides is 2. The average molecular weight is 497 g/mol. The fourth-order valence-electron chi connectivity index (χ4n) is 5.44. The Morgan fingerprint density at radius 2 is 2.14 bits per heavy atom. The molecule has 1 aromatic heterocycles. The number of nitrogens with one attached hydrogen (secondary N) is 1. The summed E-state index contributed by atoms with van der Waals surface area (Å²) < 4.78 is 15.7. The summed E-state index contributed by atoms with van der Waals surface area (Å²) in [6.45, 7) is 5.85. The largest absolute Gasteiger partial charge is 0.503 e. The Morgan fingerprint density at radius 1 is 1.36 bits per heavy atom. The molecule has 0 radical (unpaired) electrons. The predicted octanol–water partition coefficient (Wildman–Crippen LogP) is 3.04. The quantitative estimate of drug-likeness (QED) is 0.676. The molecule has 1 aromatic carbocycles. The maximum Gasteiger partial charge on any atom is 0.274 e. The summed E-state index contributed by atoms with van der Waals surface area (Å²) in [4.78, 5) is 47.1. The number of hydrogen-bond donors (Lipinski definition) is 2. The maximum absolute atomic E-state index is 14.2. The van der Waals surface area contributed by atoms with E-state index in [-0.39, 0.29) is 29.4 Å². The number of oxime groups is 1. The van der Waals surface area contributed by atoms with Crippen LogP contribution in [-0.4, -0.2) is 50.3 Å². The number of aromatic hydroxyl groups is 1. The molecule has 0 aliphatic carbocycles. The average Bonchev–Trinajstić information content (AvgIpc) is 3.23. The van der Waals surface area contributed by atoms with Gasteiger partial charge < -0.3 is 24.7 Å². The maximum atomic E-state index is 14.2. The lowest BCUT2D eigenvalue weighted by Crippen LogP contribution is -2.52. The van der Waals surface area contributed by atoms with Crippen LogP contribution in [0.3, 0.4) is 0 Å². The summed E-state index contributed by atoms with van der Waals surface area (Å²) in [5, 5.41) is 17.7. The first-order valence-corrected chi connectivity index (χ1v) is 12.2. The van der Waals surface area contributed by atoms with Crippen LogP contribution in [0.15, 0.2) is 34.3 Å². The molecule has 3 aliphatic heterocycles. The second-order valence-electron chi connectivity index (χ2n) is 9.96. The number of carbonyl (C=O) groups is 2. The molecule has 1 spiro atoms. The first kappa shape index (κ1) is 24.0. The van der Waals surface area contributed by atoms with Crippen molar-refractivity contribution in [3.63, 3.8) is 0 Å². The van der Waals surface area contributed by atoms with E-state index in [0.29, 0.717) is 25.8 Å². The highest BCUT2D eigenvalue weighted by Crippen LogP contribution is 2.46. The fraction of sp³-hybridized carbons (Fsp3) is 0.462. The van der Waals surface area contributed by atoms with Gasteiger partial charge in [0.15, 0.2) is 17.0 Å². The van der Waals surface area contributed by atoms with Crippen molar-refractivity contribution in [3.8, 4) is 5.75 Å². The molecule has 3 aliphatic rings. The number of carbonyl (C=O) groups excluding carboxylic acids is 2. The van der Waals surface area contributed by atoms with E-state index in [1.807, 2.05) is 13.8 Å². The molecule has 2 amide bonds. The number of pyridine rings is 1. The topological polar surface area (TPSA) is 113 Å². The zero-order chi connectivity index (χ0) is 25.8. The lowest BCUT2D eigenvalue weighted by molar-refractivity contribution is -0.0655. The molecule has 36 heavy (non-hydrogen) atoms. The van der Waals surface area contributed by atoms with Gasteiger partial charge in [-0.25, -0.2) is 4.39 Å². The van der Waals surface area contributed by atoms with Crippen molar-refractivity contribution >= 4 is 17.5 Å². The first-order valence-electron chi connectivity index (χ1n) is 12.2. The van der Waals surface area contributed by atoms with Gasteiger partial charge in [-0.1, -0.05) is 24.2 Å². The van der Waals surface area contributed by atoms with E-state index in [0.717, 1.165) is 17.7 Å². The normalized spacial score (nSPS) is 24.7. The molecular weight excluding hydrogens is 467 g/mol. The molecule has 0 saturated carbocycles. The molecule has 2 N–H and O–H groups in total. The molecule has 4 heterocycles. The molecule has 190 valence electrons. The van der Waals surface area contributed by atoms with Crippen LogP contribution in [0.5, 0.6) is 5.75 Å². The van der Waals surface area contributed by atoms with Crippen molar-refractivity contribution < 1.29 is 23.9 Å². The molecular formula is C26H29FN4O5. The Balaban J connectivity index is 1.54. The van der Waals surface area contributed by atoms with Crippen LogP contribution in [0.25, 0.3) is 0 Å². The Kier molecular flexibility index (Phi) is 5.84. The van der Waals surface area contributed by atoms with Crippen LogP contribution >= 0.6 is 0 Å². The van der Waals surface area contributed by atoms with E-state index < -0.39 is 40.5 Å². The molecule has 1 fully saturated rings. The van der Waals surface area contributed by atoms with Gasteiger partial charge in [0.2, 0.25) is 5.43 Å². The van der Waals surface area contributed by atoms with E-state index >= 15 is 0 Å². The highest BCUT2D eigenvalue weighted by atomic mass is 19.1. The number of halogens is 1. The van der Waals surface area contributed by atoms with Gasteiger partial charge in [0.25, 0.3) is 11.8 Å². The van der Waals surface area contributed by atoms with Gasteiger partial charge >= 0.3 is 0 Å². The number of aryl methyl sites for hydroxylation is 1. The number of aromatic nitrogens is 1. The molecule has 2 bridgehead atoms. The van der Waals surface area contributed by atoms with Crippen LogP contribution in [0, 0.1) is 12.7 Å². The summed E-state index contributed by atoms with van der Waals surface area (Å²) in [5.41, 5.74) is -0.276. The summed E-state index contributed by atoms with van der Waals surface area (Å²) >= 11 is 0. The second-order valence-corrected chi connectivity index (χ2v) is 9.96. The lowest BCUT2D eigenvalue weighted by atomic mass is 9.83. The molecule has 2 aromatic rings. The number of rotatable bonds is 4. The van der Waals surface area contributed by atoms with Gasteiger partial charge in [-0.3, -0.25) is 14.4 Å². The zero-order valence-electron chi connectivity index (χ0n) is 20.5. The van der Waals surface area contributed by atoms with Crippen LogP contribution in [0.4, 0.5) is 4.39 Å². The Labute approximate surface area is 207 Å². The van der Waals surface area contributed by atoms with Gasteiger partial charge in [0.05, 0.1) is 11.8 Å². The molecule has 1 saturated heterocycles. The minimum Gasteiger partial charge on any atom is -0.503 e. The van der Waals surface area contributed by atoms with Crippen molar-refractivity contribution in [1.29, 1.82) is 0 Å². The minimum atomic E-state index is -0.948.